The van der Waals surface area contributed by atoms with E-state index in [1.165, 1.54) is 11.1 Å². The van der Waals surface area contributed by atoms with Crippen molar-refractivity contribution in [3.05, 3.63) is 63.9 Å². The first-order valence-electron chi connectivity index (χ1n) is 8.99. The van der Waals surface area contributed by atoms with Crippen molar-refractivity contribution < 1.29 is 9.53 Å². The van der Waals surface area contributed by atoms with Crippen molar-refractivity contribution in [1.29, 1.82) is 0 Å². The maximum Gasteiger partial charge on any atom is 0.410 e. The van der Waals surface area contributed by atoms with Crippen molar-refractivity contribution in [3.63, 3.8) is 0 Å². The molecule has 0 spiro atoms. The molecular weight excluding hydrogens is 348 g/mol. The van der Waals surface area contributed by atoms with Crippen LogP contribution in [-0.4, -0.2) is 34.7 Å². The molecule has 1 amide bonds. The fourth-order valence-corrected chi connectivity index (χ4v) is 3.52. The molecule has 0 atom stereocenters. The lowest BCUT2D eigenvalue weighted by Gasteiger charge is -2.26. The summed E-state index contributed by atoms with van der Waals surface area (Å²) in [5.41, 5.74) is 4.32. The zero-order valence-corrected chi connectivity index (χ0v) is 16.3. The lowest BCUT2D eigenvalue weighted by atomic mass is 9.93. The highest BCUT2D eigenvalue weighted by atomic mass is 35.5. The predicted molar refractivity (Wildman–Crippen MR) is 104 cm³/mol. The number of benzene rings is 1. The molecule has 0 saturated heterocycles. The number of nitrogens with zero attached hydrogens (tertiary/aromatic N) is 2. The van der Waals surface area contributed by atoms with Crippen LogP contribution in [0.3, 0.4) is 0 Å². The van der Waals surface area contributed by atoms with Crippen molar-refractivity contribution in [3.8, 4) is 0 Å². The molecule has 1 aliphatic rings. The summed E-state index contributed by atoms with van der Waals surface area (Å²) in [6, 6.07) is 8.06. The molecule has 0 fully saturated rings. The molecule has 0 aliphatic carbocycles. The van der Waals surface area contributed by atoms with Gasteiger partial charge in [-0.2, -0.15) is 0 Å². The number of hydrogen-bond acceptors (Lipinski definition) is 3. The molecule has 1 aromatic carbocycles. The largest absolute Gasteiger partial charge is 0.444 e. The molecule has 0 bridgehead atoms. The van der Waals surface area contributed by atoms with Gasteiger partial charge in [-0.05, 0) is 68.0 Å². The molecule has 1 aliphatic heterocycles. The Hall–Kier alpha value is -2.07. The van der Waals surface area contributed by atoms with Crippen LogP contribution in [0.2, 0.25) is 5.02 Å². The van der Waals surface area contributed by atoms with E-state index >= 15 is 0 Å². The molecule has 0 unspecified atom stereocenters. The monoisotopic (exact) mass is 372 g/mol. The third-order valence-electron chi connectivity index (χ3n) is 4.51. The number of rotatable bonds is 2. The van der Waals surface area contributed by atoms with Crippen LogP contribution >= 0.6 is 11.6 Å². The summed E-state index contributed by atoms with van der Waals surface area (Å²) in [7, 11) is 0. The van der Waals surface area contributed by atoms with E-state index in [-0.39, 0.29) is 6.09 Å². The first-order chi connectivity index (χ1) is 12.3. The van der Waals surface area contributed by atoms with Gasteiger partial charge in [-0.25, -0.2) is 4.79 Å². The van der Waals surface area contributed by atoms with E-state index < -0.39 is 5.60 Å². The Kier molecular flexibility index (Phi) is 5.52. The van der Waals surface area contributed by atoms with E-state index in [1.54, 1.807) is 11.1 Å². The Morgan fingerprint density at radius 3 is 2.69 bits per heavy atom. The van der Waals surface area contributed by atoms with E-state index in [0.29, 0.717) is 13.1 Å². The quantitative estimate of drug-likeness (QED) is 0.769. The average Bonchev–Trinajstić information content (AvgIpc) is 2.80. The van der Waals surface area contributed by atoms with E-state index in [2.05, 4.69) is 17.1 Å². The standard InChI is InChI=1S/C21H25ClN2O2/c1-21(2,3)26-20(25)24-11-8-16-6-7-19(22)18(17(16)9-12-24)13-15-5-4-10-23-14-15/h4-7,10,14H,8-9,11-13H2,1-3H3. The minimum absolute atomic E-state index is 0.245. The molecule has 2 heterocycles. The second kappa shape index (κ2) is 7.67. The summed E-state index contributed by atoms with van der Waals surface area (Å²) < 4.78 is 5.53. The highest BCUT2D eigenvalue weighted by Gasteiger charge is 2.25. The van der Waals surface area contributed by atoms with Crippen LogP contribution in [0, 0.1) is 0 Å². The molecule has 0 radical (unpaired) electrons. The number of carbonyl (C=O) groups is 1. The van der Waals surface area contributed by atoms with Gasteiger partial charge in [0.15, 0.2) is 0 Å². The summed E-state index contributed by atoms with van der Waals surface area (Å²) >= 11 is 6.52. The van der Waals surface area contributed by atoms with E-state index in [4.69, 9.17) is 16.3 Å². The van der Waals surface area contributed by atoms with Crippen LogP contribution in [0.1, 0.15) is 43.0 Å². The third kappa shape index (κ3) is 4.55. The zero-order chi connectivity index (χ0) is 18.7. The van der Waals surface area contributed by atoms with Crippen LogP contribution in [0.4, 0.5) is 4.79 Å². The van der Waals surface area contributed by atoms with Gasteiger partial charge in [-0.15, -0.1) is 0 Å². The van der Waals surface area contributed by atoms with Gasteiger partial charge in [0.05, 0.1) is 0 Å². The van der Waals surface area contributed by atoms with Crippen LogP contribution in [-0.2, 0) is 24.0 Å². The maximum absolute atomic E-state index is 12.4. The number of ether oxygens (including phenoxy) is 1. The second-order valence-corrected chi connectivity index (χ2v) is 8.08. The van der Waals surface area contributed by atoms with Crippen molar-refractivity contribution >= 4 is 17.7 Å². The normalized spacial score (nSPS) is 14.5. The third-order valence-corrected chi connectivity index (χ3v) is 4.86. The lowest BCUT2D eigenvalue weighted by molar-refractivity contribution is 0.0258. The van der Waals surface area contributed by atoms with E-state index in [1.807, 2.05) is 39.1 Å². The van der Waals surface area contributed by atoms with Gasteiger partial charge in [0.1, 0.15) is 5.60 Å². The molecule has 3 rings (SSSR count). The highest BCUT2D eigenvalue weighted by molar-refractivity contribution is 6.31. The zero-order valence-electron chi connectivity index (χ0n) is 15.6. The first kappa shape index (κ1) is 18.7. The average molecular weight is 373 g/mol. The Morgan fingerprint density at radius 1 is 1.23 bits per heavy atom. The Balaban J connectivity index is 1.81. The van der Waals surface area contributed by atoms with Crippen LogP contribution in [0.5, 0.6) is 0 Å². The van der Waals surface area contributed by atoms with Gasteiger partial charge in [0.2, 0.25) is 0 Å². The summed E-state index contributed by atoms with van der Waals surface area (Å²) in [4.78, 5) is 18.4. The number of carbonyl (C=O) groups excluding carboxylic acids is 1. The van der Waals surface area contributed by atoms with Gasteiger partial charge in [-0.3, -0.25) is 4.98 Å². The summed E-state index contributed by atoms with van der Waals surface area (Å²) in [6.07, 6.45) is 5.75. The van der Waals surface area contributed by atoms with Gasteiger partial charge >= 0.3 is 6.09 Å². The van der Waals surface area contributed by atoms with Crippen molar-refractivity contribution in [2.24, 2.45) is 0 Å². The van der Waals surface area contributed by atoms with Crippen LogP contribution in [0.25, 0.3) is 0 Å². The number of halogens is 1. The first-order valence-corrected chi connectivity index (χ1v) is 9.37. The van der Waals surface area contributed by atoms with Crippen LogP contribution < -0.4 is 0 Å². The summed E-state index contributed by atoms with van der Waals surface area (Å²) in [5, 5.41) is 0.776. The number of aromatic nitrogens is 1. The van der Waals surface area contributed by atoms with Crippen LogP contribution in [0.15, 0.2) is 36.7 Å². The van der Waals surface area contributed by atoms with Crippen molar-refractivity contribution in [2.45, 2.75) is 45.6 Å². The number of hydrogen-bond donors (Lipinski definition) is 0. The minimum atomic E-state index is -0.481. The highest BCUT2D eigenvalue weighted by Crippen LogP contribution is 2.29. The molecule has 138 valence electrons. The molecular formula is C21H25ClN2O2. The molecule has 5 heteroatoms. The fraction of sp³-hybridized carbons (Fsp3) is 0.429. The fourth-order valence-electron chi connectivity index (χ4n) is 3.28. The predicted octanol–water partition coefficient (Wildman–Crippen LogP) is 4.66. The number of amides is 1. The Labute approximate surface area is 160 Å². The molecule has 1 aromatic heterocycles. The Morgan fingerprint density at radius 2 is 2.00 bits per heavy atom. The van der Waals surface area contributed by atoms with Crippen molar-refractivity contribution in [1.82, 2.24) is 9.88 Å². The SMILES string of the molecule is CC(C)(C)OC(=O)N1CCc2ccc(Cl)c(Cc3cccnc3)c2CC1. The molecule has 2 aromatic rings. The molecule has 26 heavy (non-hydrogen) atoms. The smallest absolute Gasteiger partial charge is 0.410 e. The van der Waals surface area contributed by atoms with Gasteiger partial charge in [0.25, 0.3) is 0 Å². The van der Waals surface area contributed by atoms with Gasteiger partial charge in [0, 0.05) is 36.9 Å². The lowest BCUT2D eigenvalue weighted by Crippen LogP contribution is -2.38. The minimum Gasteiger partial charge on any atom is -0.444 e. The number of fused-ring (bicyclic) bond motifs is 1. The maximum atomic E-state index is 12.4. The van der Waals surface area contributed by atoms with E-state index in [0.717, 1.165) is 35.4 Å². The molecule has 0 N–H and O–H groups in total. The topological polar surface area (TPSA) is 42.4 Å². The Bertz CT molecular complexity index is 785. The van der Waals surface area contributed by atoms with E-state index in [9.17, 15) is 4.79 Å². The number of pyridine rings is 1. The second-order valence-electron chi connectivity index (χ2n) is 7.67. The molecule has 0 saturated carbocycles. The molecule has 4 nitrogen and oxygen atoms in total. The van der Waals surface area contributed by atoms with Crippen molar-refractivity contribution in [2.75, 3.05) is 13.1 Å². The summed E-state index contributed by atoms with van der Waals surface area (Å²) in [5.74, 6) is 0. The summed E-state index contributed by atoms with van der Waals surface area (Å²) in [6.45, 7) is 6.98. The van der Waals surface area contributed by atoms with Gasteiger partial charge < -0.3 is 9.64 Å². The van der Waals surface area contributed by atoms with Gasteiger partial charge in [-0.1, -0.05) is 23.7 Å².